The Morgan fingerprint density at radius 3 is 3.12 bits per heavy atom. The molecule has 1 fully saturated rings. The molecular formula is C11H17F2N3S. The summed E-state index contributed by atoms with van der Waals surface area (Å²) in [6.07, 6.45) is 5.16. The van der Waals surface area contributed by atoms with Crippen LogP contribution in [0, 0.1) is 0 Å². The zero-order chi connectivity index (χ0) is 12.3. The van der Waals surface area contributed by atoms with Gasteiger partial charge in [0.2, 0.25) is 0 Å². The molecular weight excluding hydrogens is 244 g/mol. The Balaban J connectivity index is 1.83. The van der Waals surface area contributed by atoms with Crippen LogP contribution in [-0.4, -0.2) is 26.6 Å². The fourth-order valence-corrected chi connectivity index (χ4v) is 3.35. The molecule has 0 amide bonds. The molecule has 1 aromatic heterocycles. The Morgan fingerprint density at radius 1 is 1.65 bits per heavy atom. The molecule has 3 nitrogen and oxygen atoms in total. The van der Waals surface area contributed by atoms with Gasteiger partial charge in [0, 0.05) is 23.7 Å². The van der Waals surface area contributed by atoms with Crippen molar-refractivity contribution in [3.8, 4) is 0 Å². The Bertz CT molecular complexity index is 361. The van der Waals surface area contributed by atoms with Crippen molar-refractivity contribution >= 4 is 11.8 Å². The van der Waals surface area contributed by atoms with Gasteiger partial charge in [-0.2, -0.15) is 20.5 Å². The molecule has 0 saturated carbocycles. The number of halogens is 2. The summed E-state index contributed by atoms with van der Waals surface area (Å²) in [6.45, 7) is 0.948. The van der Waals surface area contributed by atoms with Crippen LogP contribution in [0.25, 0.3) is 0 Å². The van der Waals surface area contributed by atoms with Crippen molar-refractivity contribution in [2.75, 3.05) is 12.3 Å². The number of imidazole rings is 1. The van der Waals surface area contributed by atoms with Crippen LogP contribution >= 0.6 is 11.8 Å². The topological polar surface area (TPSA) is 29.9 Å². The minimum Gasteiger partial charge on any atom is -0.309 e. The summed E-state index contributed by atoms with van der Waals surface area (Å²) in [5.74, 6) is 1.59. The Morgan fingerprint density at radius 2 is 2.47 bits per heavy atom. The van der Waals surface area contributed by atoms with E-state index in [0.717, 1.165) is 11.1 Å². The van der Waals surface area contributed by atoms with Gasteiger partial charge in [0.15, 0.2) is 0 Å². The largest absolute Gasteiger partial charge is 0.319 e. The molecule has 1 aromatic rings. The first-order valence-corrected chi connectivity index (χ1v) is 6.74. The molecule has 2 rings (SSSR count). The van der Waals surface area contributed by atoms with Crippen LogP contribution in [0.1, 0.15) is 32.1 Å². The molecule has 17 heavy (non-hydrogen) atoms. The van der Waals surface area contributed by atoms with Crippen LogP contribution in [-0.2, 0) is 6.54 Å². The molecule has 1 aliphatic heterocycles. The highest BCUT2D eigenvalue weighted by atomic mass is 32.2. The molecule has 1 aliphatic rings. The predicted molar refractivity (Wildman–Crippen MR) is 65.3 cm³/mol. The second-order valence-corrected chi connectivity index (χ2v) is 6.22. The maximum atomic E-state index is 12.6. The van der Waals surface area contributed by atoms with E-state index in [-0.39, 0.29) is 4.75 Å². The summed E-state index contributed by atoms with van der Waals surface area (Å²) in [5.41, 5.74) is 0. The molecule has 1 unspecified atom stereocenters. The van der Waals surface area contributed by atoms with Crippen molar-refractivity contribution in [2.24, 2.45) is 0 Å². The molecule has 2 heterocycles. The van der Waals surface area contributed by atoms with Crippen molar-refractivity contribution in [3.63, 3.8) is 0 Å². The summed E-state index contributed by atoms with van der Waals surface area (Å²) in [5, 5.41) is 3.23. The van der Waals surface area contributed by atoms with Gasteiger partial charge in [-0.05, 0) is 25.5 Å². The number of hydrogen-bond donors (Lipinski definition) is 1. The third kappa shape index (κ3) is 3.19. The van der Waals surface area contributed by atoms with Crippen LogP contribution in [0.2, 0.25) is 0 Å². The summed E-state index contributed by atoms with van der Waals surface area (Å²) in [6, 6.07) is 0. The fraction of sp³-hybridized carbons (Fsp3) is 0.727. The van der Waals surface area contributed by atoms with Gasteiger partial charge in [-0.25, -0.2) is 4.98 Å². The van der Waals surface area contributed by atoms with E-state index in [0.29, 0.717) is 12.4 Å². The SMILES string of the molecule is CC1(CNCc2nccn2C(F)F)CCCS1. The van der Waals surface area contributed by atoms with E-state index < -0.39 is 6.55 Å². The lowest BCUT2D eigenvalue weighted by atomic mass is 10.1. The van der Waals surface area contributed by atoms with E-state index in [4.69, 9.17) is 0 Å². The maximum Gasteiger partial charge on any atom is 0.319 e. The van der Waals surface area contributed by atoms with Crippen molar-refractivity contribution in [2.45, 2.75) is 37.6 Å². The van der Waals surface area contributed by atoms with Gasteiger partial charge in [0.25, 0.3) is 0 Å². The number of rotatable bonds is 5. The Labute approximate surface area is 104 Å². The second kappa shape index (κ2) is 5.35. The van der Waals surface area contributed by atoms with Crippen LogP contribution in [0.5, 0.6) is 0 Å². The van der Waals surface area contributed by atoms with E-state index in [1.165, 1.54) is 31.0 Å². The standard InChI is InChI=1S/C11H17F2N3S/c1-11(3-2-6-17-11)8-14-7-9-15-4-5-16(9)10(12)13/h4-5,10,14H,2-3,6-8H2,1H3. The number of aromatic nitrogens is 2. The molecule has 96 valence electrons. The fourth-order valence-electron chi connectivity index (χ4n) is 2.07. The van der Waals surface area contributed by atoms with Gasteiger partial charge in [-0.15, -0.1) is 0 Å². The average molecular weight is 261 g/mol. The van der Waals surface area contributed by atoms with E-state index in [9.17, 15) is 8.78 Å². The first kappa shape index (κ1) is 12.8. The average Bonchev–Trinajstić information content (AvgIpc) is 2.87. The van der Waals surface area contributed by atoms with Crippen LogP contribution in [0.15, 0.2) is 12.4 Å². The number of hydrogen-bond acceptors (Lipinski definition) is 3. The van der Waals surface area contributed by atoms with Crippen LogP contribution < -0.4 is 5.32 Å². The minimum absolute atomic E-state index is 0.252. The Kier molecular flexibility index (Phi) is 4.04. The Hall–Kier alpha value is -0.620. The summed E-state index contributed by atoms with van der Waals surface area (Å²) < 4.78 is 26.3. The van der Waals surface area contributed by atoms with Gasteiger partial charge >= 0.3 is 6.55 Å². The maximum absolute atomic E-state index is 12.6. The van der Waals surface area contributed by atoms with Crippen molar-refractivity contribution < 1.29 is 8.78 Å². The smallest absolute Gasteiger partial charge is 0.309 e. The van der Waals surface area contributed by atoms with Crippen molar-refractivity contribution in [1.82, 2.24) is 14.9 Å². The lowest BCUT2D eigenvalue weighted by Gasteiger charge is -2.22. The molecule has 0 aromatic carbocycles. The highest BCUT2D eigenvalue weighted by Gasteiger charge is 2.28. The molecule has 1 N–H and O–H groups in total. The molecule has 0 bridgehead atoms. The second-order valence-electron chi connectivity index (χ2n) is 4.53. The van der Waals surface area contributed by atoms with Crippen LogP contribution in [0.3, 0.4) is 0 Å². The van der Waals surface area contributed by atoms with E-state index in [1.54, 1.807) is 0 Å². The lowest BCUT2D eigenvalue weighted by Crippen LogP contribution is -2.33. The van der Waals surface area contributed by atoms with Gasteiger partial charge in [-0.3, -0.25) is 4.57 Å². The highest BCUT2D eigenvalue weighted by Crippen LogP contribution is 2.36. The molecule has 1 atom stereocenters. The van der Waals surface area contributed by atoms with Gasteiger partial charge in [0.1, 0.15) is 5.82 Å². The quantitative estimate of drug-likeness (QED) is 0.883. The zero-order valence-electron chi connectivity index (χ0n) is 9.83. The summed E-state index contributed by atoms with van der Waals surface area (Å²) in [4.78, 5) is 3.94. The first-order valence-electron chi connectivity index (χ1n) is 5.75. The zero-order valence-corrected chi connectivity index (χ0v) is 10.6. The van der Waals surface area contributed by atoms with Gasteiger partial charge in [-0.1, -0.05) is 0 Å². The molecule has 0 aliphatic carbocycles. The molecule has 6 heteroatoms. The van der Waals surface area contributed by atoms with Crippen molar-refractivity contribution in [3.05, 3.63) is 18.2 Å². The lowest BCUT2D eigenvalue weighted by molar-refractivity contribution is 0.0666. The third-order valence-corrected chi connectivity index (χ3v) is 4.58. The third-order valence-electron chi connectivity index (χ3n) is 3.04. The van der Waals surface area contributed by atoms with Crippen molar-refractivity contribution in [1.29, 1.82) is 0 Å². The normalized spacial score (nSPS) is 24.7. The first-order chi connectivity index (χ1) is 8.11. The minimum atomic E-state index is -2.51. The monoisotopic (exact) mass is 261 g/mol. The number of thioether (sulfide) groups is 1. The van der Waals surface area contributed by atoms with Gasteiger partial charge in [0.05, 0.1) is 6.54 Å². The summed E-state index contributed by atoms with van der Waals surface area (Å²) in [7, 11) is 0. The number of alkyl halides is 2. The predicted octanol–water partition coefficient (Wildman–Crippen LogP) is 2.65. The molecule has 1 saturated heterocycles. The van der Waals surface area contributed by atoms with Crippen LogP contribution in [0.4, 0.5) is 8.78 Å². The van der Waals surface area contributed by atoms with Gasteiger partial charge < -0.3 is 5.32 Å². The number of nitrogens with one attached hydrogen (secondary N) is 1. The number of nitrogens with zero attached hydrogens (tertiary/aromatic N) is 2. The van der Waals surface area contributed by atoms with E-state index in [1.807, 2.05) is 11.8 Å². The molecule has 0 radical (unpaired) electrons. The highest BCUT2D eigenvalue weighted by molar-refractivity contribution is 8.00. The van der Waals surface area contributed by atoms with E-state index >= 15 is 0 Å². The van der Waals surface area contributed by atoms with E-state index in [2.05, 4.69) is 17.2 Å². The molecule has 0 spiro atoms. The summed E-state index contributed by atoms with van der Waals surface area (Å²) >= 11 is 1.95.